The van der Waals surface area contributed by atoms with Gasteiger partial charge in [-0.3, -0.25) is 4.79 Å². The molecule has 120 valence electrons. The Balaban J connectivity index is 1.61. The summed E-state index contributed by atoms with van der Waals surface area (Å²) in [6.45, 7) is 4.08. The summed E-state index contributed by atoms with van der Waals surface area (Å²) < 4.78 is 5.45. The van der Waals surface area contributed by atoms with Crippen LogP contribution in [0.15, 0.2) is 42.5 Å². The van der Waals surface area contributed by atoms with Crippen LogP contribution in [0.3, 0.4) is 0 Å². The van der Waals surface area contributed by atoms with Gasteiger partial charge in [0, 0.05) is 24.5 Å². The van der Waals surface area contributed by atoms with Crippen LogP contribution in [0.1, 0.15) is 12.5 Å². The molecule has 5 heteroatoms. The SMILES string of the molecule is CCN1CCc2ccc(NC(=O)COc3ccccc3Cl)cc21. The number of rotatable bonds is 5. The third-order valence-electron chi connectivity index (χ3n) is 3.94. The number of benzene rings is 2. The van der Waals surface area contributed by atoms with E-state index >= 15 is 0 Å². The highest BCUT2D eigenvalue weighted by Gasteiger charge is 2.18. The minimum absolute atomic E-state index is 0.0711. The number of carbonyl (C=O) groups is 1. The number of para-hydroxylation sites is 1. The van der Waals surface area contributed by atoms with Crippen LogP contribution < -0.4 is 15.0 Å². The standard InChI is InChI=1S/C18H19ClN2O2/c1-2-21-10-9-13-7-8-14(11-16(13)21)20-18(22)12-23-17-6-4-3-5-15(17)19/h3-8,11H,2,9-10,12H2,1H3,(H,20,22). The number of nitrogens with one attached hydrogen (secondary N) is 1. The Hall–Kier alpha value is -2.20. The molecule has 0 fully saturated rings. The molecule has 0 aromatic heterocycles. The van der Waals surface area contributed by atoms with Crippen molar-refractivity contribution in [2.24, 2.45) is 0 Å². The van der Waals surface area contributed by atoms with E-state index in [2.05, 4.69) is 23.2 Å². The van der Waals surface area contributed by atoms with E-state index in [9.17, 15) is 4.79 Å². The highest BCUT2D eigenvalue weighted by Crippen LogP contribution is 2.30. The average Bonchev–Trinajstić information content (AvgIpc) is 2.96. The summed E-state index contributed by atoms with van der Waals surface area (Å²) in [5.41, 5.74) is 3.33. The van der Waals surface area contributed by atoms with Gasteiger partial charge >= 0.3 is 0 Å². The molecule has 1 heterocycles. The number of carbonyl (C=O) groups excluding carboxylic acids is 1. The zero-order valence-electron chi connectivity index (χ0n) is 13.0. The first-order chi connectivity index (χ1) is 11.2. The number of anilines is 2. The Bertz CT molecular complexity index is 718. The van der Waals surface area contributed by atoms with Crippen molar-refractivity contribution in [1.82, 2.24) is 0 Å². The van der Waals surface area contributed by atoms with E-state index in [0.717, 1.165) is 25.2 Å². The van der Waals surface area contributed by atoms with E-state index in [-0.39, 0.29) is 12.5 Å². The predicted molar refractivity (Wildman–Crippen MR) is 93.6 cm³/mol. The van der Waals surface area contributed by atoms with Crippen molar-refractivity contribution in [2.75, 3.05) is 29.9 Å². The van der Waals surface area contributed by atoms with Gasteiger partial charge in [-0.15, -0.1) is 0 Å². The van der Waals surface area contributed by atoms with Gasteiger partial charge in [0.05, 0.1) is 5.02 Å². The van der Waals surface area contributed by atoms with Gasteiger partial charge in [0.2, 0.25) is 0 Å². The lowest BCUT2D eigenvalue weighted by atomic mass is 10.1. The normalized spacial score (nSPS) is 12.9. The topological polar surface area (TPSA) is 41.6 Å². The molecule has 4 nitrogen and oxygen atoms in total. The van der Waals surface area contributed by atoms with Crippen LogP contribution in [-0.2, 0) is 11.2 Å². The van der Waals surface area contributed by atoms with Gasteiger partial charge in [0.1, 0.15) is 5.75 Å². The molecule has 1 aliphatic rings. The van der Waals surface area contributed by atoms with Gasteiger partial charge in [-0.1, -0.05) is 29.8 Å². The molecule has 2 aromatic carbocycles. The molecule has 0 spiro atoms. The zero-order valence-corrected chi connectivity index (χ0v) is 13.8. The van der Waals surface area contributed by atoms with Gasteiger partial charge in [-0.2, -0.15) is 0 Å². The van der Waals surface area contributed by atoms with E-state index in [4.69, 9.17) is 16.3 Å². The maximum Gasteiger partial charge on any atom is 0.262 e. The Labute approximate surface area is 141 Å². The van der Waals surface area contributed by atoms with E-state index in [1.165, 1.54) is 11.3 Å². The lowest BCUT2D eigenvalue weighted by molar-refractivity contribution is -0.118. The fourth-order valence-electron chi connectivity index (χ4n) is 2.75. The highest BCUT2D eigenvalue weighted by atomic mass is 35.5. The first kappa shape index (κ1) is 15.7. The Kier molecular flexibility index (Phi) is 4.72. The van der Waals surface area contributed by atoms with Crippen molar-refractivity contribution >= 4 is 28.9 Å². The molecule has 0 saturated heterocycles. The van der Waals surface area contributed by atoms with E-state index in [0.29, 0.717) is 10.8 Å². The molecule has 23 heavy (non-hydrogen) atoms. The van der Waals surface area contributed by atoms with Gasteiger partial charge in [0.15, 0.2) is 6.61 Å². The average molecular weight is 331 g/mol. The quantitative estimate of drug-likeness (QED) is 0.908. The monoisotopic (exact) mass is 330 g/mol. The van der Waals surface area contributed by atoms with Gasteiger partial charge in [0.25, 0.3) is 5.91 Å². The van der Waals surface area contributed by atoms with Crippen LogP contribution in [-0.4, -0.2) is 25.6 Å². The number of nitrogens with zero attached hydrogens (tertiary/aromatic N) is 1. The summed E-state index contributed by atoms with van der Waals surface area (Å²) >= 11 is 6.00. The van der Waals surface area contributed by atoms with Crippen molar-refractivity contribution in [1.29, 1.82) is 0 Å². The van der Waals surface area contributed by atoms with E-state index in [1.54, 1.807) is 12.1 Å². The van der Waals surface area contributed by atoms with Gasteiger partial charge in [-0.25, -0.2) is 0 Å². The summed E-state index contributed by atoms with van der Waals surface area (Å²) in [7, 11) is 0. The molecule has 0 saturated carbocycles. The Morgan fingerprint density at radius 2 is 2.13 bits per heavy atom. The second-order valence-electron chi connectivity index (χ2n) is 5.44. The first-order valence-corrected chi connectivity index (χ1v) is 8.10. The van der Waals surface area contributed by atoms with Crippen molar-refractivity contribution in [3.63, 3.8) is 0 Å². The summed E-state index contributed by atoms with van der Waals surface area (Å²) in [6, 6.07) is 13.1. The molecule has 0 aliphatic carbocycles. The highest BCUT2D eigenvalue weighted by molar-refractivity contribution is 6.32. The van der Waals surface area contributed by atoms with E-state index < -0.39 is 0 Å². The third-order valence-corrected chi connectivity index (χ3v) is 4.25. The van der Waals surface area contributed by atoms with Crippen molar-refractivity contribution < 1.29 is 9.53 Å². The molecule has 1 N–H and O–H groups in total. The lowest BCUT2D eigenvalue weighted by Gasteiger charge is -2.17. The number of amides is 1. The molecule has 0 unspecified atom stereocenters. The number of hydrogen-bond acceptors (Lipinski definition) is 3. The molecule has 0 bridgehead atoms. The molecule has 0 radical (unpaired) electrons. The first-order valence-electron chi connectivity index (χ1n) is 7.72. The zero-order chi connectivity index (χ0) is 16.2. The molecule has 0 atom stereocenters. The number of fused-ring (bicyclic) bond motifs is 1. The number of hydrogen-bond donors (Lipinski definition) is 1. The number of likely N-dealkylation sites (N-methyl/N-ethyl adjacent to an activating group) is 1. The molecule has 2 aromatic rings. The summed E-state index contributed by atoms with van der Waals surface area (Å²) in [6.07, 6.45) is 1.06. The maximum atomic E-state index is 12.1. The number of ether oxygens (including phenoxy) is 1. The minimum atomic E-state index is -0.203. The van der Waals surface area contributed by atoms with Crippen LogP contribution in [0.4, 0.5) is 11.4 Å². The van der Waals surface area contributed by atoms with Crippen molar-refractivity contribution in [2.45, 2.75) is 13.3 Å². The molecular formula is C18H19ClN2O2. The molecular weight excluding hydrogens is 312 g/mol. The summed E-state index contributed by atoms with van der Waals surface area (Å²) in [5.74, 6) is 0.307. The van der Waals surface area contributed by atoms with E-state index in [1.807, 2.05) is 24.3 Å². The predicted octanol–water partition coefficient (Wildman–Crippen LogP) is 3.74. The molecule has 3 rings (SSSR count). The Morgan fingerprint density at radius 1 is 1.30 bits per heavy atom. The molecule has 1 aliphatic heterocycles. The van der Waals surface area contributed by atoms with Crippen molar-refractivity contribution in [3.8, 4) is 5.75 Å². The lowest BCUT2D eigenvalue weighted by Crippen LogP contribution is -2.21. The second-order valence-corrected chi connectivity index (χ2v) is 5.85. The number of halogens is 1. The van der Waals surface area contributed by atoms with Crippen LogP contribution in [0.25, 0.3) is 0 Å². The third kappa shape index (κ3) is 3.59. The maximum absolute atomic E-state index is 12.1. The smallest absolute Gasteiger partial charge is 0.262 e. The fraction of sp³-hybridized carbons (Fsp3) is 0.278. The van der Waals surface area contributed by atoms with Crippen LogP contribution in [0.2, 0.25) is 5.02 Å². The second kappa shape index (κ2) is 6.92. The summed E-state index contributed by atoms with van der Waals surface area (Å²) in [4.78, 5) is 14.4. The fourth-order valence-corrected chi connectivity index (χ4v) is 2.94. The van der Waals surface area contributed by atoms with Crippen LogP contribution >= 0.6 is 11.6 Å². The van der Waals surface area contributed by atoms with Crippen LogP contribution in [0.5, 0.6) is 5.75 Å². The summed E-state index contributed by atoms with van der Waals surface area (Å²) in [5, 5.41) is 3.37. The Morgan fingerprint density at radius 3 is 2.91 bits per heavy atom. The molecule has 1 amide bonds. The van der Waals surface area contributed by atoms with Gasteiger partial charge in [-0.05, 0) is 43.2 Å². The van der Waals surface area contributed by atoms with Crippen LogP contribution in [0, 0.1) is 0 Å². The minimum Gasteiger partial charge on any atom is -0.482 e. The van der Waals surface area contributed by atoms with Crippen molar-refractivity contribution in [3.05, 3.63) is 53.1 Å². The largest absolute Gasteiger partial charge is 0.482 e. The van der Waals surface area contributed by atoms with Gasteiger partial charge < -0.3 is 15.0 Å².